The summed E-state index contributed by atoms with van der Waals surface area (Å²) in [6.45, 7) is 6.93. The molecule has 3 heteroatoms. The predicted octanol–water partition coefficient (Wildman–Crippen LogP) is 0.895. The highest BCUT2D eigenvalue weighted by atomic mass is 16.1. The molecule has 2 atom stereocenters. The highest BCUT2D eigenvalue weighted by Gasteiger charge is 2.24. The Morgan fingerprint density at radius 3 is 2.93 bits per heavy atom. The topological polar surface area (TPSA) is 32.3 Å². The lowest BCUT2D eigenvalue weighted by Crippen LogP contribution is -2.46. The number of likely N-dealkylation sites (tertiary alicyclic amines) is 1. The van der Waals surface area contributed by atoms with Gasteiger partial charge in [0, 0.05) is 6.54 Å². The maximum Gasteiger partial charge on any atom is 0.146 e. The first-order valence-corrected chi connectivity index (χ1v) is 5.54. The average molecular weight is 198 g/mol. The Morgan fingerprint density at radius 2 is 2.36 bits per heavy atom. The standard InChI is InChI=1S/C11H22N2O/c1-9(10(2)14)13-6-4-5-11(8-13)7-12-3/h9,11-12H,4-8H2,1-3H3. The van der Waals surface area contributed by atoms with Gasteiger partial charge in [-0.25, -0.2) is 0 Å². The summed E-state index contributed by atoms with van der Waals surface area (Å²) < 4.78 is 0. The lowest BCUT2D eigenvalue weighted by molar-refractivity contribution is -0.122. The molecule has 2 unspecified atom stereocenters. The molecule has 0 aromatic carbocycles. The van der Waals surface area contributed by atoms with E-state index in [0.29, 0.717) is 0 Å². The highest BCUT2D eigenvalue weighted by molar-refractivity contribution is 5.80. The average Bonchev–Trinajstić information content (AvgIpc) is 2.17. The van der Waals surface area contributed by atoms with Crippen molar-refractivity contribution in [3.63, 3.8) is 0 Å². The zero-order chi connectivity index (χ0) is 10.6. The van der Waals surface area contributed by atoms with Crippen molar-refractivity contribution in [2.45, 2.75) is 32.7 Å². The van der Waals surface area contributed by atoms with Gasteiger partial charge in [-0.05, 0) is 52.7 Å². The summed E-state index contributed by atoms with van der Waals surface area (Å²) in [6, 6.07) is 0.106. The zero-order valence-electron chi connectivity index (χ0n) is 9.55. The van der Waals surface area contributed by atoms with E-state index in [-0.39, 0.29) is 11.8 Å². The van der Waals surface area contributed by atoms with Crippen LogP contribution >= 0.6 is 0 Å². The van der Waals surface area contributed by atoms with E-state index < -0.39 is 0 Å². The van der Waals surface area contributed by atoms with E-state index in [2.05, 4.69) is 10.2 Å². The summed E-state index contributed by atoms with van der Waals surface area (Å²) in [7, 11) is 1.99. The molecule has 0 saturated carbocycles. The molecule has 0 amide bonds. The summed E-state index contributed by atoms with van der Waals surface area (Å²) in [5, 5.41) is 3.21. The van der Waals surface area contributed by atoms with Gasteiger partial charge in [-0.3, -0.25) is 9.69 Å². The van der Waals surface area contributed by atoms with Gasteiger partial charge in [-0.1, -0.05) is 0 Å². The number of piperidine rings is 1. The van der Waals surface area contributed by atoms with Gasteiger partial charge < -0.3 is 5.32 Å². The largest absolute Gasteiger partial charge is 0.319 e. The second-order valence-electron chi connectivity index (χ2n) is 4.35. The van der Waals surface area contributed by atoms with Crippen LogP contribution in [0, 0.1) is 5.92 Å². The fourth-order valence-corrected chi connectivity index (χ4v) is 2.16. The number of carbonyl (C=O) groups is 1. The van der Waals surface area contributed by atoms with E-state index in [9.17, 15) is 4.79 Å². The molecule has 1 saturated heterocycles. The van der Waals surface area contributed by atoms with Gasteiger partial charge in [0.1, 0.15) is 5.78 Å². The molecule has 1 aliphatic heterocycles. The van der Waals surface area contributed by atoms with Crippen molar-refractivity contribution in [3.05, 3.63) is 0 Å². The van der Waals surface area contributed by atoms with Gasteiger partial charge >= 0.3 is 0 Å². The minimum Gasteiger partial charge on any atom is -0.319 e. The van der Waals surface area contributed by atoms with Gasteiger partial charge in [0.05, 0.1) is 6.04 Å². The molecule has 0 aromatic rings. The van der Waals surface area contributed by atoms with Gasteiger partial charge in [-0.2, -0.15) is 0 Å². The number of ketones is 1. The molecular formula is C11H22N2O. The third-order valence-electron chi connectivity index (χ3n) is 3.18. The van der Waals surface area contributed by atoms with Gasteiger partial charge in [-0.15, -0.1) is 0 Å². The van der Waals surface area contributed by atoms with Crippen LogP contribution in [-0.2, 0) is 4.79 Å². The Balaban J connectivity index is 2.43. The molecule has 0 bridgehead atoms. The van der Waals surface area contributed by atoms with Crippen molar-refractivity contribution in [3.8, 4) is 0 Å². The first-order valence-electron chi connectivity index (χ1n) is 5.54. The number of hydrogen-bond acceptors (Lipinski definition) is 3. The molecule has 1 heterocycles. The Kier molecular flexibility index (Phi) is 4.55. The first kappa shape index (κ1) is 11.7. The molecule has 0 radical (unpaired) electrons. The lowest BCUT2D eigenvalue weighted by atomic mass is 9.96. The van der Waals surface area contributed by atoms with E-state index in [1.165, 1.54) is 12.8 Å². The number of nitrogens with zero attached hydrogens (tertiary/aromatic N) is 1. The van der Waals surface area contributed by atoms with Gasteiger partial charge in [0.25, 0.3) is 0 Å². The summed E-state index contributed by atoms with van der Waals surface area (Å²) in [6.07, 6.45) is 2.52. The number of nitrogens with one attached hydrogen (secondary N) is 1. The second-order valence-corrected chi connectivity index (χ2v) is 4.35. The Hall–Kier alpha value is -0.410. The van der Waals surface area contributed by atoms with Crippen LogP contribution in [0.4, 0.5) is 0 Å². The summed E-state index contributed by atoms with van der Waals surface area (Å²) >= 11 is 0. The summed E-state index contributed by atoms with van der Waals surface area (Å²) in [5.74, 6) is 1.01. The SMILES string of the molecule is CNCC1CCCN(C(C)C(C)=O)C1. The van der Waals surface area contributed by atoms with E-state index in [0.717, 1.165) is 25.6 Å². The fraction of sp³-hybridized carbons (Fsp3) is 0.909. The van der Waals surface area contributed by atoms with Crippen molar-refractivity contribution in [1.82, 2.24) is 10.2 Å². The Morgan fingerprint density at radius 1 is 1.64 bits per heavy atom. The fourth-order valence-electron chi connectivity index (χ4n) is 2.16. The van der Waals surface area contributed by atoms with Crippen LogP contribution in [0.15, 0.2) is 0 Å². The van der Waals surface area contributed by atoms with Gasteiger partial charge in [0.2, 0.25) is 0 Å². The zero-order valence-corrected chi connectivity index (χ0v) is 9.55. The van der Waals surface area contributed by atoms with Crippen molar-refractivity contribution in [1.29, 1.82) is 0 Å². The maximum absolute atomic E-state index is 11.3. The predicted molar refractivity (Wildman–Crippen MR) is 58.4 cm³/mol. The molecule has 14 heavy (non-hydrogen) atoms. The van der Waals surface area contributed by atoms with Crippen molar-refractivity contribution in [2.24, 2.45) is 5.92 Å². The molecule has 0 aromatic heterocycles. The molecule has 3 nitrogen and oxygen atoms in total. The third-order valence-corrected chi connectivity index (χ3v) is 3.18. The summed E-state index contributed by atoms with van der Waals surface area (Å²) in [4.78, 5) is 13.6. The molecule has 1 aliphatic rings. The summed E-state index contributed by atoms with van der Waals surface area (Å²) in [5.41, 5.74) is 0. The molecule has 1 fully saturated rings. The van der Waals surface area contributed by atoms with Crippen molar-refractivity contribution in [2.75, 3.05) is 26.7 Å². The maximum atomic E-state index is 11.3. The van der Waals surface area contributed by atoms with Crippen LogP contribution < -0.4 is 5.32 Å². The van der Waals surface area contributed by atoms with E-state index in [4.69, 9.17) is 0 Å². The van der Waals surface area contributed by atoms with E-state index in [1.807, 2.05) is 14.0 Å². The number of hydrogen-bond donors (Lipinski definition) is 1. The van der Waals surface area contributed by atoms with Crippen LogP contribution in [-0.4, -0.2) is 43.4 Å². The van der Waals surface area contributed by atoms with Crippen LogP contribution in [0.5, 0.6) is 0 Å². The highest BCUT2D eigenvalue weighted by Crippen LogP contribution is 2.17. The number of rotatable bonds is 4. The monoisotopic (exact) mass is 198 g/mol. The van der Waals surface area contributed by atoms with E-state index in [1.54, 1.807) is 6.92 Å². The smallest absolute Gasteiger partial charge is 0.146 e. The molecule has 1 N–H and O–H groups in total. The Bertz CT molecular complexity index is 192. The van der Waals surface area contributed by atoms with Crippen LogP contribution in [0.1, 0.15) is 26.7 Å². The lowest BCUT2D eigenvalue weighted by Gasteiger charge is -2.35. The second kappa shape index (κ2) is 5.47. The third kappa shape index (κ3) is 3.07. The molecule has 82 valence electrons. The molecule has 0 aliphatic carbocycles. The minimum atomic E-state index is 0.106. The first-order chi connectivity index (χ1) is 6.65. The molecule has 0 spiro atoms. The van der Waals surface area contributed by atoms with Crippen LogP contribution in [0.2, 0.25) is 0 Å². The molecular weight excluding hydrogens is 176 g/mol. The van der Waals surface area contributed by atoms with Crippen LogP contribution in [0.25, 0.3) is 0 Å². The minimum absolute atomic E-state index is 0.106. The van der Waals surface area contributed by atoms with Gasteiger partial charge in [0.15, 0.2) is 0 Å². The van der Waals surface area contributed by atoms with Crippen molar-refractivity contribution < 1.29 is 4.79 Å². The van der Waals surface area contributed by atoms with Crippen LogP contribution in [0.3, 0.4) is 0 Å². The van der Waals surface area contributed by atoms with E-state index >= 15 is 0 Å². The quantitative estimate of drug-likeness (QED) is 0.728. The molecule has 1 rings (SSSR count). The van der Waals surface area contributed by atoms with Crippen molar-refractivity contribution >= 4 is 5.78 Å². The number of Topliss-reactive ketones (excluding diaryl/α,β-unsaturated/α-hetero) is 1. The Labute approximate surface area is 86.9 Å². The normalized spacial score (nSPS) is 26.1. The number of carbonyl (C=O) groups excluding carboxylic acids is 1.